The topological polar surface area (TPSA) is 60.8 Å². The second-order valence-electron chi connectivity index (χ2n) is 3.41. The van der Waals surface area contributed by atoms with E-state index in [-0.39, 0.29) is 6.04 Å². The van der Waals surface area contributed by atoms with Crippen LogP contribution in [0.4, 0.5) is 4.79 Å². The molecule has 3 atom stereocenters. The maximum atomic E-state index is 10.6. The Balaban J connectivity index is 2.12. The van der Waals surface area contributed by atoms with Crippen molar-refractivity contribution in [1.29, 1.82) is 0 Å². The number of aliphatic hydroxyl groups excluding tert-OH is 1. The summed E-state index contributed by atoms with van der Waals surface area (Å²) in [7, 11) is 0. The van der Waals surface area contributed by atoms with Crippen LogP contribution in [0.15, 0.2) is 0 Å². The van der Waals surface area contributed by atoms with Gasteiger partial charge in [-0.25, -0.2) is 4.79 Å². The predicted octanol–water partition coefficient (Wildman–Crippen LogP) is 0.120. The molecule has 4 heteroatoms. The quantitative estimate of drug-likeness (QED) is 0.525. The summed E-state index contributed by atoms with van der Waals surface area (Å²) in [5.41, 5.74) is 0. The Hall–Kier alpha value is -0.770. The minimum Gasteiger partial charge on any atom is -0.465 e. The average molecular weight is 157 g/mol. The van der Waals surface area contributed by atoms with Gasteiger partial charge in [0, 0.05) is 6.54 Å². The normalized spacial score (nSPS) is 41.5. The van der Waals surface area contributed by atoms with Gasteiger partial charge in [0.2, 0.25) is 0 Å². The molecule has 1 saturated carbocycles. The molecule has 2 bridgehead atoms. The number of rotatable bonds is 0. The first-order valence-electron chi connectivity index (χ1n) is 3.86. The number of fused-ring (bicyclic) bond motifs is 2. The van der Waals surface area contributed by atoms with Crippen LogP contribution in [0.2, 0.25) is 0 Å². The van der Waals surface area contributed by atoms with Crippen LogP contribution in [0.25, 0.3) is 0 Å². The van der Waals surface area contributed by atoms with E-state index in [1.165, 1.54) is 4.90 Å². The summed E-state index contributed by atoms with van der Waals surface area (Å²) in [4.78, 5) is 11.9. The fourth-order valence-electron chi connectivity index (χ4n) is 2.21. The van der Waals surface area contributed by atoms with E-state index >= 15 is 0 Å². The van der Waals surface area contributed by atoms with Crippen molar-refractivity contribution in [3.8, 4) is 0 Å². The molecule has 0 radical (unpaired) electrons. The molecule has 1 amide bonds. The van der Waals surface area contributed by atoms with Gasteiger partial charge in [-0.05, 0) is 18.8 Å². The molecule has 2 fully saturated rings. The van der Waals surface area contributed by atoms with Gasteiger partial charge in [-0.1, -0.05) is 0 Å². The van der Waals surface area contributed by atoms with Gasteiger partial charge in [0.05, 0.1) is 12.1 Å². The maximum Gasteiger partial charge on any atom is 0.407 e. The van der Waals surface area contributed by atoms with E-state index in [0.717, 1.165) is 12.8 Å². The lowest BCUT2D eigenvalue weighted by Crippen LogP contribution is -2.43. The number of aliphatic hydroxyl groups is 1. The van der Waals surface area contributed by atoms with Crippen LogP contribution >= 0.6 is 0 Å². The van der Waals surface area contributed by atoms with Crippen molar-refractivity contribution < 1.29 is 15.0 Å². The molecule has 1 saturated heterocycles. The van der Waals surface area contributed by atoms with Crippen molar-refractivity contribution in [2.75, 3.05) is 6.54 Å². The largest absolute Gasteiger partial charge is 0.465 e. The Morgan fingerprint density at radius 1 is 1.45 bits per heavy atom. The van der Waals surface area contributed by atoms with Gasteiger partial charge in [-0.15, -0.1) is 0 Å². The van der Waals surface area contributed by atoms with Gasteiger partial charge in [-0.2, -0.15) is 0 Å². The van der Waals surface area contributed by atoms with Crippen molar-refractivity contribution in [1.82, 2.24) is 4.90 Å². The van der Waals surface area contributed by atoms with Crippen LogP contribution in [-0.4, -0.2) is 39.9 Å². The fraction of sp³-hybridized carbons (Fsp3) is 0.857. The van der Waals surface area contributed by atoms with Gasteiger partial charge in [0.25, 0.3) is 0 Å². The van der Waals surface area contributed by atoms with Crippen LogP contribution in [-0.2, 0) is 0 Å². The second kappa shape index (κ2) is 2.11. The zero-order chi connectivity index (χ0) is 8.01. The van der Waals surface area contributed by atoms with Crippen molar-refractivity contribution >= 4 is 6.09 Å². The first-order chi connectivity index (χ1) is 5.18. The number of piperidine rings is 1. The molecular formula is C7H11NO3. The predicted molar refractivity (Wildman–Crippen MR) is 37.2 cm³/mol. The summed E-state index contributed by atoms with van der Waals surface area (Å²) in [5.74, 6) is 0.408. The number of nitrogens with zero attached hydrogens (tertiary/aromatic N) is 1. The zero-order valence-electron chi connectivity index (χ0n) is 6.10. The monoisotopic (exact) mass is 157 g/mol. The summed E-state index contributed by atoms with van der Waals surface area (Å²) in [6.07, 6.45) is 0.336. The van der Waals surface area contributed by atoms with Crippen LogP contribution in [0, 0.1) is 5.92 Å². The van der Waals surface area contributed by atoms with E-state index in [2.05, 4.69) is 0 Å². The fourth-order valence-corrected chi connectivity index (χ4v) is 2.21. The third-order valence-electron chi connectivity index (χ3n) is 2.69. The van der Waals surface area contributed by atoms with E-state index in [1.807, 2.05) is 0 Å². The number of hydrogen-bond acceptors (Lipinski definition) is 2. The van der Waals surface area contributed by atoms with Crippen molar-refractivity contribution in [3.63, 3.8) is 0 Å². The number of amides is 1. The second-order valence-corrected chi connectivity index (χ2v) is 3.41. The molecule has 0 spiro atoms. The van der Waals surface area contributed by atoms with Crippen molar-refractivity contribution in [2.45, 2.75) is 25.0 Å². The number of likely N-dealkylation sites (tertiary alicyclic amines) is 1. The Morgan fingerprint density at radius 2 is 2.18 bits per heavy atom. The molecule has 0 aromatic rings. The Bertz CT molecular complexity index is 194. The molecule has 2 rings (SSSR count). The smallest absolute Gasteiger partial charge is 0.407 e. The Labute approximate surface area is 64.4 Å². The van der Waals surface area contributed by atoms with Gasteiger partial charge in [0.15, 0.2) is 0 Å². The van der Waals surface area contributed by atoms with Gasteiger partial charge in [0.1, 0.15) is 0 Å². The lowest BCUT2D eigenvalue weighted by atomic mass is 10.1. The van der Waals surface area contributed by atoms with E-state index in [9.17, 15) is 9.90 Å². The number of carbonyl (C=O) groups is 1. The van der Waals surface area contributed by atoms with Crippen LogP contribution in [0.3, 0.4) is 0 Å². The summed E-state index contributed by atoms with van der Waals surface area (Å²) in [5, 5.41) is 18.0. The molecule has 62 valence electrons. The third-order valence-corrected chi connectivity index (χ3v) is 2.69. The third kappa shape index (κ3) is 0.894. The Kier molecular flexibility index (Phi) is 1.32. The highest BCUT2D eigenvalue weighted by Gasteiger charge is 2.46. The van der Waals surface area contributed by atoms with Gasteiger partial charge >= 0.3 is 6.09 Å². The minimum atomic E-state index is -0.892. The first kappa shape index (κ1) is 6.91. The summed E-state index contributed by atoms with van der Waals surface area (Å²) >= 11 is 0. The molecule has 1 heterocycles. The number of carboxylic acid groups (broad SMARTS) is 1. The molecule has 11 heavy (non-hydrogen) atoms. The van der Waals surface area contributed by atoms with Gasteiger partial charge < -0.3 is 15.1 Å². The molecule has 0 aromatic heterocycles. The molecule has 2 N–H and O–H groups in total. The van der Waals surface area contributed by atoms with Gasteiger partial charge in [-0.3, -0.25) is 0 Å². The zero-order valence-corrected chi connectivity index (χ0v) is 6.10. The van der Waals surface area contributed by atoms with Crippen LogP contribution in [0.1, 0.15) is 12.8 Å². The lowest BCUT2D eigenvalue weighted by Gasteiger charge is -2.27. The van der Waals surface area contributed by atoms with Crippen LogP contribution < -0.4 is 0 Å². The highest BCUT2D eigenvalue weighted by Crippen LogP contribution is 2.37. The lowest BCUT2D eigenvalue weighted by molar-refractivity contribution is 0.0550. The van der Waals surface area contributed by atoms with Crippen molar-refractivity contribution in [2.24, 2.45) is 5.92 Å². The number of hydrogen-bond donors (Lipinski definition) is 2. The highest BCUT2D eigenvalue weighted by molar-refractivity contribution is 5.66. The first-order valence-corrected chi connectivity index (χ1v) is 3.86. The van der Waals surface area contributed by atoms with E-state index < -0.39 is 12.2 Å². The van der Waals surface area contributed by atoms with Crippen LogP contribution in [0.5, 0.6) is 0 Å². The average Bonchev–Trinajstić information content (AvgIpc) is 2.43. The SMILES string of the molecule is O=C(O)N1C[C@H]2C[C@H](O)[C@@H]1C2. The van der Waals surface area contributed by atoms with Crippen molar-refractivity contribution in [3.05, 3.63) is 0 Å². The molecule has 1 aliphatic heterocycles. The molecule has 0 aromatic carbocycles. The molecular weight excluding hydrogens is 146 g/mol. The minimum absolute atomic E-state index is 0.113. The maximum absolute atomic E-state index is 10.6. The highest BCUT2D eigenvalue weighted by atomic mass is 16.4. The summed E-state index contributed by atoms with van der Waals surface area (Å²) in [6.45, 7) is 0.622. The van der Waals surface area contributed by atoms with E-state index in [0.29, 0.717) is 12.5 Å². The molecule has 4 nitrogen and oxygen atoms in total. The summed E-state index contributed by atoms with van der Waals surface area (Å²) < 4.78 is 0. The molecule has 0 unspecified atom stereocenters. The molecule has 1 aliphatic carbocycles. The van der Waals surface area contributed by atoms with E-state index in [4.69, 9.17) is 5.11 Å². The standard InChI is InChI=1S/C7H11NO3/c9-6-2-4-1-5(6)8(3-4)7(10)11/h4-6,9H,1-3H2,(H,10,11)/t4-,5+,6+/m1/s1. The summed E-state index contributed by atoms with van der Waals surface area (Å²) in [6, 6.07) is -0.113. The Morgan fingerprint density at radius 3 is 2.55 bits per heavy atom. The van der Waals surface area contributed by atoms with E-state index in [1.54, 1.807) is 0 Å². The molecule has 2 aliphatic rings.